The van der Waals surface area contributed by atoms with Gasteiger partial charge in [-0.05, 0) is 19.3 Å². The molecule has 0 saturated heterocycles. The molecule has 108 valence electrons. The zero-order valence-electron chi connectivity index (χ0n) is 11.7. The van der Waals surface area contributed by atoms with Gasteiger partial charge < -0.3 is 20.7 Å². The number of amidine groups is 1. The summed E-state index contributed by atoms with van der Waals surface area (Å²) in [6.45, 7) is 2.45. The molecule has 0 aromatic heterocycles. The highest BCUT2D eigenvalue weighted by molar-refractivity contribution is 6.10. The lowest BCUT2D eigenvalue weighted by Gasteiger charge is -2.27. The summed E-state index contributed by atoms with van der Waals surface area (Å²) in [4.78, 5) is 27.1. The first kappa shape index (κ1) is 15.3. The van der Waals surface area contributed by atoms with Crippen molar-refractivity contribution in [3.05, 3.63) is 0 Å². The molecule has 0 heterocycles. The van der Waals surface area contributed by atoms with E-state index in [0.29, 0.717) is 19.4 Å². The van der Waals surface area contributed by atoms with E-state index in [4.69, 9.17) is 10.9 Å². The van der Waals surface area contributed by atoms with Crippen molar-refractivity contribution in [1.29, 1.82) is 0 Å². The molecule has 2 amide bonds. The number of hydrogen-bond donors (Lipinski definition) is 2. The topological polar surface area (TPSA) is 99.2 Å². The number of rotatable bonds is 6. The molecule has 1 aliphatic rings. The van der Waals surface area contributed by atoms with Crippen LogP contribution in [0, 0.1) is 5.41 Å². The first-order valence-corrected chi connectivity index (χ1v) is 6.36. The maximum atomic E-state index is 12.5. The van der Waals surface area contributed by atoms with Gasteiger partial charge in [0.25, 0.3) is 0 Å². The third-order valence-electron chi connectivity index (χ3n) is 3.36. The van der Waals surface area contributed by atoms with Gasteiger partial charge in [-0.15, -0.1) is 0 Å². The van der Waals surface area contributed by atoms with Gasteiger partial charge in [0, 0.05) is 20.6 Å². The molecule has 0 aliphatic heterocycles. The summed E-state index contributed by atoms with van der Waals surface area (Å²) in [6.07, 6.45) is 1.88. The molecule has 0 atom stereocenters. The molecular formula is C12H22N4O3. The molecule has 1 aliphatic carbocycles. The van der Waals surface area contributed by atoms with E-state index in [2.05, 4.69) is 5.16 Å². The van der Waals surface area contributed by atoms with Crippen molar-refractivity contribution in [1.82, 2.24) is 9.80 Å². The molecule has 0 radical (unpaired) electrons. The van der Waals surface area contributed by atoms with Gasteiger partial charge in [0.2, 0.25) is 11.8 Å². The largest absolute Gasteiger partial charge is 0.409 e. The molecule has 1 rings (SSSR count). The zero-order valence-corrected chi connectivity index (χ0v) is 11.7. The summed E-state index contributed by atoms with van der Waals surface area (Å²) in [5.41, 5.74) is 4.70. The van der Waals surface area contributed by atoms with Crippen LogP contribution in [0.1, 0.15) is 26.2 Å². The van der Waals surface area contributed by atoms with Crippen molar-refractivity contribution >= 4 is 17.6 Å². The predicted molar refractivity (Wildman–Crippen MR) is 70.6 cm³/mol. The Kier molecular flexibility index (Phi) is 4.74. The zero-order chi connectivity index (χ0) is 14.6. The van der Waals surface area contributed by atoms with Crippen LogP contribution in [0.25, 0.3) is 0 Å². The molecule has 7 nitrogen and oxygen atoms in total. The fourth-order valence-corrected chi connectivity index (χ4v) is 1.93. The minimum atomic E-state index is -0.892. The third-order valence-corrected chi connectivity index (χ3v) is 3.36. The third kappa shape index (κ3) is 3.15. The number of carbonyl (C=O) groups is 2. The maximum Gasteiger partial charge on any atom is 0.241 e. The van der Waals surface area contributed by atoms with Crippen molar-refractivity contribution in [3.63, 3.8) is 0 Å². The fraction of sp³-hybridized carbons (Fsp3) is 0.750. The fourth-order valence-electron chi connectivity index (χ4n) is 1.93. The highest BCUT2D eigenvalue weighted by atomic mass is 16.4. The Morgan fingerprint density at radius 3 is 2.32 bits per heavy atom. The van der Waals surface area contributed by atoms with E-state index in [1.54, 1.807) is 14.1 Å². The smallest absolute Gasteiger partial charge is 0.241 e. The van der Waals surface area contributed by atoms with Gasteiger partial charge in [-0.3, -0.25) is 9.59 Å². The van der Waals surface area contributed by atoms with Crippen molar-refractivity contribution in [3.8, 4) is 0 Å². The first-order chi connectivity index (χ1) is 8.89. The van der Waals surface area contributed by atoms with Gasteiger partial charge in [-0.2, -0.15) is 0 Å². The lowest BCUT2D eigenvalue weighted by atomic mass is 10.0. The van der Waals surface area contributed by atoms with Gasteiger partial charge >= 0.3 is 0 Å². The van der Waals surface area contributed by atoms with E-state index >= 15 is 0 Å². The van der Waals surface area contributed by atoms with Crippen LogP contribution < -0.4 is 5.73 Å². The van der Waals surface area contributed by atoms with E-state index in [1.165, 1.54) is 9.80 Å². The molecule has 0 bridgehead atoms. The monoisotopic (exact) mass is 270 g/mol. The van der Waals surface area contributed by atoms with E-state index in [0.717, 1.165) is 6.42 Å². The van der Waals surface area contributed by atoms with Crippen LogP contribution in [0.3, 0.4) is 0 Å². The minimum absolute atomic E-state index is 0.0279. The summed E-state index contributed by atoms with van der Waals surface area (Å²) in [6, 6.07) is 0. The van der Waals surface area contributed by atoms with Gasteiger partial charge in [-0.25, -0.2) is 0 Å². The van der Waals surface area contributed by atoms with Gasteiger partial charge in [-0.1, -0.05) is 12.1 Å². The molecule has 7 heteroatoms. The summed E-state index contributed by atoms with van der Waals surface area (Å²) in [5, 5.41) is 11.7. The number of hydrogen-bond acceptors (Lipinski definition) is 4. The standard InChI is InChI=1S/C12H22N4O3/c1-4-7-16(8-9(17)15(2)3)11(18)12(5-6-12)10(13)14-19/h19H,4-8H2,1-3H3,(H2,13,14). The van der Waals surface area contributed by atoms with E-state index in [1.807, 2.05) is 6.92 Å². The van der Waals surface area contributed by atoms with E-state index in [9.17, 15) is 9.59 Å². The number of oxime groups is 1. The molecule has 3 N–H and O–H groups in total. The van der Waals surface area contributed by atoms with E-state index < -0.39 is 5.41 Å². The molecular weight excluding hydrogens is 248 g/mol. The van der Waals surface area contributed by atoms with Crippen molar-refractivity contribution in [2.24, 2.45) is 16.3 Å². The average molecular weight is 270 g/mol. The van der Waals surface area contributed by atoms with E-state index in [-0.39, 0.29) is 24.2 Å². The maximum absolute atomic E-state index is 12.5. The minimum Gasteiger partial charge on any atom is -0.409 e. The number of nitrogens with zero attached hydrogens (tertiary/aromatic N) is 3. The highest BCUT2D eigenvalue weighted by Gasteiger charge is 2.55. The number of amides is 2. The Balaban J connectivity index is 2.82. The van der Waals surface area contributed by atoms with Crippen molar-refractivity contribution in [2.75, 3.05) is 27.2 Å². The van der Waals surface area contributed by atoms with Crippen LogP contribution in [-0.2, 0) is 9.59 Å². The summed E-state index contributed by atoms with van der Waals surface area (Å²) < 4.78 is 0. The van der Waals surface area contributed by atoms with Crippen LogP contribution in [0.4, 0.5) is 0 Å². The lowest BCUT2D eigenvalue weighted by molar-refractivity contribution is -0.141. The van der Waals surface area contributed by atoms with Gasteiger partial charge in [0.05, 0.1) is 6.54 Å². The molecule has 0 spiro atoms. The van der Waals surface area contributed by atoms with Crippen LogP contribution >= 0.6 is 0 Å². The van der Waals surface area contributed by atoms with Crippen molar-refractivity contribution < 1.29 is 14.8 Å². The first-order valence-electron chi connectivity index (χ1n) is 6.36. The lowest BCUT2D eigenvalue weighted by Crippen LogP contribution is -2.47. The van der Waals surface area contributed by atoms with Crippen LogP contribution in [-0.4, -0.2) is 59.8 Å². The summed E-state index contributed by atoms with van der Waals surface area (Å²) in [5.74, 6) is -0.423. The van der Waals surface area contributed by atoms with Crippen LogP contribution in [0.15, 0.2) is 5.16 Å². The SMILES string of the molecule is CCCN(CC(=O)N(C)C)C(=O)C1(C(N)=NO)CC1. The molecule has 0 unspecified atom stereocenters. The average Bonchev–Trinajstić information content (AvgIpc) is 3.17. The normalized spacial score (nSPS) is 16.9. The second-order valence-electron chi connectivity index (χ2n) is 5.08. The molecule has 1 fully saturated rings. The van der Waals surface area contributed by atoms with Gasteiger partial charge in [0.15, 0.2) is 5.84 Å². The summed E-state index contributed by atoms with van der Waals surface area (Å²) >= 11 is 0. The molecule has 19 heavy (non-hydrogen) atoms. The Labute approximate surface area is 113 Å². The van der Waals surface area contributed by atoms with Crippen LogP contribution in [0.2, 0.25) is 0 Å². The molecule has 1 saturated carbocycles. The Morgan fingerprint density at radius 1 is 1.37 bits per heavy atom. The molecule has 0 aromatic rings. The Bertz CT molecular complexity index is 388. The van der Waals surface area contributed by atoms with Crippen molar-refractivity contribution in [2.45, 2.75) is 26.2 Å². The second kappa shape index (κ2) is 5.90. The highest BCUT2D eigenvalue weighted by Crippen LogP contribution is 2.47. The predicted octanol–water partition coefficient (Wildman–Crippen LogP) is -0.160. The second-order valence-corrected chi connectivity index (χ2v) is 5.08. The van der Waals surface area contributed by atoms with Crippen LogP contribution in [0.5, 0.6) is 0 Å². The van der Waals surface area contributed by atoms with Gasteiger partial charge in [0.1, 0.15) is 5.41 Å². The number of nitrogens with two attached hydrogens (primary N) is 1. The summed E-state index contributed by atoms with van der Waals surface area (Å²) in [7, 11) is 3.29. The molecule has 0 aromatic carbocycles. The quantitative estimate of drug-likeness (QED) is 0.303. The Morgan fingerprint density at radius 2 is 1.95 bits per heavy atom. The number of likely N-dealkylation sites (N-methyl/N-ethyl adjacent to an activating group) is 1. The Hall–Kier alpha value is -1.79. The number of carbonyl (C=O) groups excluding carboxylic acids is 2.